The molecule has 0 bridgehead atoms. The number of anilines is 1. The Bertz CT molecular complexity index is 1620. The Hall–Kier alpha value is -3.53. The third kappa shape index (κ3) is 6.48. The molecule has 0 aliphatic rings. The first-order valence-corrected chi connectivity index (χ1v) is 15.3. The first-order valence-electron chi connectivity index (χ1n) is 11.5. The second-order valence-electron chi connectivity index (χ2n) is 8.40. The first kappa shape index (κ1) is 27.5. The van der Waals surface area contributed by atoms with Crippen molar-refractivity contribution in [2.45, 2.75) is 28.1 Å². The summed E-state index contributed by atoms with van der Waals surface area (Å²) in [4.78, 5) is -0.0305. The Morgan fingerprint density at radius 1 is 0.921 bits per heavy atom. The van der Waals surface area contributed by atoms with Gasteiger partial charge in [-0.25, -0.2) is 8.42 Å². The maximum absolute atomic E-state index is 13.9. The lowest BCUT2D eigenvalue weighted by Gasteiger charge is -2.31. The number of nitrogens with zero attached hydrogens (tertiary/aromatic N) is 2. The molecule has 0 amide bonds. The van der Waals surface area contributed by atoms with Crippen LogP contribution in [0.3, 0.4) is 0 Å². The van der Waals surface area contributed by atoms with Gasteiger partial charge >= 0.3 is 0 Å². The molecule has 0 saturated carbocycles. The van der Waals surface area contributed by atoms with Crippen LogP contribution in [-0.4, -0.2) is 33.8 Å². The number of nitrogens with two attached hydrogens (primary N) is 1. The van der Waals surface area contributed by atoms with Crippen LogP contribution in [0.15, 0.2) is 105 Å². The molecule has 4 rings (SSSR count). The fourth-order valence-electron chi connectivity index (χ4n) is 3.87. The molecule has 0 unspecified atom stereocenters. The van der Waals surface area contributed by atoms with Gasteiger partial charge in [0.05, 0.1) is 29.2 Å². The van der Waals surface area contributed by atoms with Gasteiger partial charge in [0, 0.05) is 12.2 Å². The van der Waals surface area contributed by atoms with Crippen molar-refractivity contribution in [2.75, 3.05) is 12.3 Å². The normalized spacial score (nSPS) is 12.7. The molecule has 4 aromatic rings. The number of sulfonamides is 1. The Kier molecular flexibility index (Phi) is 8.61. The van der Waals surface area contributed by atoms with Crippen molar-refractivity contribution < 1.29 is 21.0 Å². The van der Waals surface area contributed by atoms with Crippen molar-refractivity contribution in [3.05, 3.63) is 113 Å². The zero-order chi connectivity index (χ0) is 27.2. The van der Waals surface area contributed by atoms with Crippen LogP contribution in [0.25, 0.3) is 0 Å². The number of hydrogen-bond donors (Lipinski definition) is 1. The second-order valence-corrected chi connectivity index (χ2v) is 13.1. The highest BCUT2D eigenvalue weighted by molar-refractivity contribution is 7.91. The van der Waals surface area contributed by atoms with Gasteiger partial charge < -0.3 is 5.73 Å². The molecule has 1 atom stereocenters. The topological polar surface area (TPSA) is 131 Å². The van der Waals surface area contributed by atoms with Gasteiger partial charge in [-0.3, -0.25) is 4.18 Å². The predicted molar refractivity (Wildman–Crippen MR) is 146 cm³/mol. The second kappa shape index (κ2) is 11.9. The summed E-state index contributed by atoms with van der Waals surface area (Å²) in [6.45, 7) is -0.623. The lowest BCUT2D eigenvalue weighted by molar-refractivity contribution is 0.203. The van der Waals surface area contributed by atoms with E-state index in [2.05, 4.69) is 0 Å². The lowest BCUT2D eigenvalue weighted by Crippen LogP contribution is -2.44. The monoisotopic (exact) mass is 567 g/mol. The highest BCUT2D eigenvalue weighted by Gasteiger charge is 2.34. The average Bonchev–Trinajstić information content (AvgIpc) is 3.48. The standard InChI is InChI=1S/C27H25N3O5S3/c28-18-22-13-14-26(29)23(16-22)19-30(37(31,32)27-12-7-15-36-27)24(17-21-8-3-1-4-9-21)20-35-38(33,34)25-10-5-2-6-11-25/h1-16,24H,17,19-20,29H2/t24-/m0/s1. The number of thiophene rings is 1. The van der Waals surface area contributed by atoms with Crippen molar-refractivity contribution in [3.8, 4) is 6.07 Å². The van der Waals surface area contributed by atoms with Crippen LogP contribution in [0.1, 0.15) is 16.7 Å². The summed E-state index contributed by atoms with van der Waals surface area (Å²) in [5.74, 6) is 0. The Morgan fingerprint density at radius 3 is 2.24 bits per heavy atom. The molecule has 0 aliphatic carbocycles. The van der Waals surface area contributed by atoms with E-state index in [0.717, 1.165) is 16.9 Å². The van der Waals surface area contributed by atoms with Crippen molar-refractivity contribution in [3.63, 3.8) is 0 Å². The molecule has 0 fully saturated rings. The van der Waals surface area contributed by atoms with Crippen LogP contribution in [0.5, 0.6) is 0 Å². The zero-order valence-electron chi connectivity index (χ0n) is 20.2. The van der Waals surface area contributed by atoms with Crippen molar-refractivity contribution >= 4 is 37.2 Å². The number of nitriles is 1. The Labute approximate surface area is 226 Å². The van der Waals surface area contributed by atoms with E-state index in [1.165, 1.54) is 28.6 Å². The van der Waals surface area contributed by atoms with E-state index in [1.54, 1.807) is 41.8 Å². The molecule has 0 spiro atoms. The Morgan fingerprint density at radius 2 is 1.61 bits per heavy atom. The molecule has 0 aliphatic heterocycles. The number of benzene rings is 3. The molecule has 1 heterocycles. The number of hydrogen-bond acceptors (Lipinski definition) is 8. The van der Waals surface area contributed by atoms with Gasteiger partial charge in [0.25, 0.3) is 20.1 Å². The van der Waals surface area contributed by atoms with Gasteiger partial charge in [-0.1, -0.05) is 54.6 Å². The molecule has 8 nitrogen and oxygen atoms in total. The average molecular weight is 568 g/mol. The minimum Gasteiger partial charge on any atom is -0.398 e. The maximum atomic E-state index is 13.9. The minimum absolute atomic E-state index is 0.0305. The van der Waals surface area contributed by atoms with E-state index in [-0.39, 0.29) is 22.1 Å². The van der Waals surface area contributed by atoms with Crippen molar-refractivity contribution in [2.24, 2.45) is 0 Å². The Balaban J connectivity index is 1.77. The molecule has 196 valence electrons. The van der Waals surface area contributed by atoms with Gasteiger partial charge in [0.15, 0.2) is 0 Å². The van der Waals surface area contributed by atoms with E-state index < -0.39 is 32.8 Å². The van der Waals surface area contributed by atoms with E-state index >= 15 is 0 Å². The summed E-state index contributed by atoms with van der Waals surface area (Å²) in [6, 6.07) is 25.7. The molecule has 0 radical (unpaired) electrons. The lowest BCUT2D eigenvalue weighted by atomic mass is 10.1. The van der Waals surface area contributed by atoms with Gasteiger partial charge in [-0.15, -0.1) is 11.3 Å². The largest absolute Gasteiger partial charge is 0.398 e. The highest BCUT2D eigenvalue weighted by Crippen LogP contribution is 2.29. The predicted octanol–water partition coefficient (Wildman–Crippen LogP) is 4.41. The van der Waals surface area contributed by atoms with Crippen molar-refractivity contribution in [1.29, 1.82) is 5.26 Å². The summed E-state index contributed by atoms with van der Waals surface area (Å²) in [7, 11) is -8.26. The van der Waals surface area contributed by atoms with Gasteiger partial charge in [-0.05, 0) is 59.3 Å². The first-order chi connectivity index (χ1) is 18.2. The van der Waals surface area contributed by atoms with Crippen molar-refractivity contribution in [1.82, 2.24) is 4.31 Å². The third-order valence-electron chi connectivity index (χ3n) is 5.83. The number of rotatable bonds is 11. The maximum Gasteiger partial charge on any atom is 0.297 e. The summed E-state index contributed by atoms with van der Waals surface area (Å²) < 4.78 is 60.5. The van der Waals surface area contributed by atoms with Crippen LogP contribution < -0.4 is 5.73 Å². The zero-order valence-corrected chi connectivity index (χ0v) is 22.6. The third-order valence-corrected chi connectivity index (χ3v) is 10.4. The molecule has 3 aromatic carbocycles. The summed E-state index contributed by atoms with van der Waals surface area (Å²) in [5, 5.41) is 11.0. The summed E-state index contributed by atoms with van der Waals surface area (Å²) >= 11 is 1.05. The van der Waals surface area contributed by atoms with Gasteiger partial charge in [0.1, 0.15) is 4.21 Å². The highest BCUT2D eigenvalue weighted by atomic mass is 32.2. The number of nitrogen functional groups attached to an aromatic ring is 1. The molecule has 1 aromatic heterocycles. The van der Waals surface area contributed by atoms with Crippen LogP contribution in [-0.2, 0) is 37.3 Å². The molecule has 11 heteroatoms. The SMILES string of the molecule is N#Cc1ccc(N)c(CN([C@H](COS(=O)(=O)c2ccccc2)Cc2ccccc2)S(=O)(=O)c2cccs2)c1. The molecular weight excluding hydrogens is 543 g/mol. The van der Waals surface area contributed by atoms with E-state index in [9.17, 15) is 22.1 Å². The summed E-state index contributed by atoms with van der Waals surface area (Å²) in [6.07, 6.45) is 0.174. The molecule has 0 saturated heterocycles. The van der Waals surface area contributed by atoms with Crippen LogP contribution in [0.2, 0.25) is 0 Å². The minimum atomic E-state index is -4.16. The molecule has 38 heavy (non-hydrogen) atoms. The van der Waals surface area contributed by atoms with Gasteiger partial charge in [0.2, 0.25) is 0 Å². The van der Waals surface area contributed by atoms with Crippen LogP contribution >= 0.6 is 11.3 Å². The van der Waals surface area contributed by atoms with E-state index in [0.29, 0.717) is 16.8 Å². The summed E-state index contributed by atoms with van der Waals surface area (Å²) in [5.41, 5.74) is 8.03. The van der Waals surface area contributed by atoms with E-state index in [1.807, 2.05) is 36.4 Å². The van der Waals surface area contributed by atoms with E-state index in [4.69, 9.17) is 9.92 Å². The molecule has 2 N–H and O–H groups in total. The van der Waals surface area contributed by atoms with Gasteiger partial charge in [-0.2, -0.15) is 18.0 Å². The van der Waals surface area contributed by atoms with Crippen LogP contribution in [0, 0.1) is 11.3 Å². The quantitative estimate of drug-likeness (QED) is 0.210. The van der Waals surface area contributed by atoms with Crippen LogP contribution in [0.4, 0.5) is 5.69 Å². The molecular formula is C27H25N3O5S3. The smallest absolute Gasteiger partial charge is 0.297 e. The fraction of sp³-hybridized carbons (Fsp3) is 0.148. The fourth-order valence-corrected chi connectivity index (χ4v) is 7.54.